The van der Waals surface area contributed by atoms with Gasteiger partial charge in [-0.1, -0.05) is 38.0 Å². The molecule has 2 aliphatic rings. The number of fused-ring (bicyclic) bond motifs is 1. The van der Waals surface area contributed by atoms with E-state index >= 15 is 0 Å². The third kappa shape index (κ3) is 4.10. The van der Waals surface area contributed by atoms with Gasteiger partial charge >= 0.3 is 0 Å². The molecule has 1 saturated carbocycles. The van der Waals surface area contributed by atoms with Crippen LogP contribution in [-0.4, -0.2) is 17.2 Å². The predicted molar refractivity (Wildman–Crippen MR) is 130 cm³/mol. The molecule has 32 heavy (non-hydrogen) atoms. The van der Waals surface area contributed by atoms with Crippen LogP contribution in [0.2, 0.25) is 0 Å². The first kappa shape index (κ1) is 20.6. The fraction of sp³-hybridized carbons (Fsp3) is 0.286. The second-order valence-electron chi connectivity index (χ2n) is 8.94. The fourth-order valence-corrected chi connectivity index (χ4v) is 4.70. The van der Waals surface area contributed by atoms with E-state index in [-0.39, 0.29) is 11.7 Å². The molecule has 1 aliphatic heterocycles. The van der Waals surface area contributed by atoms with Gasteiger partial charge in [0, 0.05) is 46.8 Å². The molecule has 1 aliphatic carbocycles. The average molecular weight is 426 g/mol. The second-order valence-corrected chi connectivity index (χ2v) is 8.94. The molecular formula is C28H28FN3. The predicted octanol–water partition coefficient (Wildman–Crippen LogP) is 7.09. The third-order valence-electron chi connectivity index (χ3n) is 6.43. The van der Waals surface area contributed by atoms with Crippen molar-refractivity contribution in [3.63, 3.8) is 0 Å². The molecule has 1 N–H and O–H groups in total. The number of hydrogen-bond donors (Lipinski definition) is 1. The van der Waals surface area contributed by atoms with Crippen LogP contribution in [-0.2, 0) is 0 Å². The number of halogens is 1. The van der Waals surface area contributed by atoms with E-state index in [0.717, 1.165) is 33.6 Å². The van der Waals surface area contributed by atoms with Crippen LogP contribution in [0.4, 0.5) is 10.1 Å². The number of nitrogens with zero attached hydrogens (tertiary/aromatic N) is 2. The van der Waals surface area contributed by atoms with Gasteiger partial charge in [0.1, 0.15) is 5.82 Å². The summed E-state index contributed by atoms with van der Waals surface area (Å²) in [6.45, 7) is 3.96. The van der Waals surface area contributed by atoms with Crippen molar-refractivity contribution in [3.8, 4) is 22.4 Å². The monoisotopic (exact) mass is 425 g/mol. The summed E-state index contributed by atoms with van der Waals surface area (Å²) in [5.41, 5.74) is 7.78. The van der Waals surface area contributed by atoms with Crippen molar-refractivity contribution < 1.29 is 4.39 Å². The molecular weight excluding hydrogens is 397 g/mol. The Morgan fingerprint density at radius 3 is 2.59 bits per heavy atom. The highest BCUT2D eigenvalue weighted by Gasteiger charge is 2.20. The van der Waals surface area contributed by atoms with E-state index in [1.165, 1.54) is 37.4 Å². The minimum Gasteiger partial charge on any atom is -0.382 e. The Labute approximate surface area is 189 Å². The highest BCUT2D eigenvalue weighted by molar-refractivity contribution is 5.88. The maximum absolute atomic E-state index is 13.9. The minimum atomic E-state index is -0.198. The lowest BCUT2D eigenvalue weighted by atomic mass is 9.95. The maximum Gasteiger partial charge on any atom is 0.126 e. The van der Waals surface area contributed by atoms with Crippen molar-refractivity contribution in [2.24, 2.45) is 10.9 Å². The normalized spacial score (nSPS) is 18.2. The first-order chi connectivity index (χ1) is 15.6. The van der Waals surface area contributed by atoms with Gasteiger partial charge in [0.25, 0.3) is 0 Å². The minimum absolute atomic E-state index is 0.198. The van der Waals surface area contributed by atoms with Crippen molar-refractivity contribution in [3.05, 3.63) is 77.7 Å². The molecule has 0 spiro atoms. The Balaban J connectivity index is 1.59. The van der Waals surface area contributed by atoms with Crippen LogP contribution in [0.25, 0.3) is 28.1 Å². The highest BCUT2D eigenvalue weighted by Crippen LogP contribution is 2.37. The standard InChI is InChI=1S/C28H28FN3/c1-18-14-27(32-22-6-3-4-7-22)24-16-20(10-12-26(24)31-17-18)23-8-5-13-30-28(23)21-9-11-25(29)19(2)15-21/h5,8-18,22,32H,3-4,6-7H2,1-2H3. The van der Waals surface area contributed by atoms with Gasteiger partial charge in [-0.15, -0.1) is 0 Å². The van der Waals surface area contributed by atoms with Crippen molar-refractivity contribution in [2.45, 2.75) is 45.6 Å². The quantitative estimate of drug-likeness (QED) is 0.484. The van der Waals surface area contributed by atoms with E-state index in [1.54, 1.807) is 19.2 Å². The van der Waals surface area contributed by atoms with Gasteiger partial charge in [-0.25, -0.2) is 4.39 Å². The SMILES string of the molecule is Cc1cc(-c2ncccc2-c2ccc3c(c2)C(NC2CCCC2)=CC(C)C=N3)ccc1F. The summed E-state index contributed by atoms with van der Waals surface area (Å²) < 4.78 is 13.9. The largest absolute Gasteiger partial charge is 0.382 e. The number of pyridine rings is 1. The molecule has 0 radical (unpaired) electrons. The van der Waals surface area contributed by atoms with E-state index in [0.29, 0.717) is 11.6 Å². The van der Waals surface area contributed by atoms with E-state index < -0.39 is 0 Å². The number of allylic oxidation sites excluding steroid dienone is 1. The molecule has 3 nitrogen and oxygen atoms in total. The van der Waals surface area contributed by atoms with Crippen LogP contribution in [0.5, 0.6) is 0 Å². The van der Waals surface area contributed by atoms with Gasteiger partial charge in [-0.2, -0.15) is 0 Å². The molecule has 0 amide bonds. The van der Waals surface area contributed by atoms with Crippen molar-refractivity contribution in [1.29, 1.82) is 0 Å². The number of aryl methyl sites for hydroxylation is 1. The van der Waals surface area contributed by atoms with Gasteiger partial charge < -0.3 is 5.32 Å². The number of nitrogens with one attached hydrogen (secondary N) is 1. The van der Waals surface area contributed by atoms with Crippen LogP contribution in [0.3, 0.4) is 0 Å². The number of aromatic nitrogens is 1. The lowest BCUT2D eigenvalue weighted by molar-refractivity contribution is 0.617. The summed E-state index contributed by atoms with van der Waals surface area (Å²) in [5.74, 6) is 0.0712. The second kappa shape index (κ2) is 8.70. The summed E-state index contributed by atoms with van der Waals surface area (Å²) in [6, 6.07) is 16.2. The van der Waals surface area contributed by atoms with E-state index in [4.69, 9.17) is 4.99 Å². The molecule has 1 aromatic heterocycles. The number of aliphatic imine (C=N–C) groups is 1. The summed E-state index contributed by atoms with van der Waals surface area (Å²) in [6.07, 6.45) is 11.1. The van der Waals surface area contributed by atoms with Gasteiger partial charge in [-0.3, -0.25) is 9.98 Å². The lowest BCUT2D eigenvalue weighted by Gasteiger charge is -2.19. The Hall–Kier alpha value is -3.27. The molecule has 1 unspecified atom stereocenters. The summed E-state index contributed by atoms with van der Waals surface area (Å²) >= 11 is 0. The number of benzene rings is 2. The zero-order valence-corrected chi connectivity index (χ0v) is 18.6. The van der Waals surface area contributed by atoms with Crippen LogP contribution in [0, 0.1) is 18.7 Å². The highest BCUT2D eigenvalue weighted by atomic mass is 19.1. The maximum atomic E-state index is 13.9. The molecule has 162 valence electrons. The van der Waals surface area contributed by atoms with E-state index in [1.807, 2.05) is 18.3 Å². The Morgan fingerprint density at radius 1 is 0.969 bits per heavy atom. The molecule has 0 saturated heterocycles. The van der Waals surface area contributed by atoms with Gasteiger partial charge in [0.15, 0.2) is 0 Å². The van der Waals surface area contributed by atoms with Crippen LogP contribution >= 0.6 is 0 Å². The first-order valence-corrected chi connectivity index (χ1v) is 11.5. The van der Waals surface area contributed by atoms with Crippen LogP contribution in [0.1, 0.15) is 43.7 Å². The first-order valence-electron chi connectivity index (χ1n) is 11.5. The van der Waals surface area contributed by atoms with Crippen LogP contribution in [0.15, 0.2) is 65.8 Å². The van der Waals surface area contributed by atoms with Crippen molar-refractivity contribution in [1.82, 2.24) is 10.3 Å². The zero-order chi connectivity index (χ0) is 22.1. The van der Waals surface area contributed by atoms with Crippen molar-refractivity contribution >= 4 is 17.6 Å². The third-order valence-corrected chi connectivity index (χ3v) is 6.43. The Bertz CT molecular complexity index is 1210. The lowest BCUT2D eigenvalue weighted by Crippen LogP contribution is -2.24. The summed E-state index contributed by atoms with van der Waals surface area (Å²) in [5, 5.41) is 3.81. The van der Waals surface area contributed by atoms with E-state index in [9.17, 15) is 4.39 Å². The molecule has 0 bridgehead atoms. The number of rotatable bonds is 4. The molecule has 4 heteroatoms. The summed E-state index contributed by atoms with van der Waals surface area (Å²) in [4.78, 5) is 9.41. The van der Waals surface area contributed by atoms with Crippen molar-refractivity contribution in [2.75, 3.05) is 0 Å². The number of hydrogen-bond acceptors (Lipinski definition) is 3. The molecule has 1 fully saturated rings. The summed E-state index contributed by atoms with van der Waals surface area (Å²) in [7, 11) is 0. The molecule has 5 rings (SSSR count). The Kier molecular flexibility index (Phi) is 5.60. The molecule has 2 heterocycles. The topological polar surface area (TPSA) is 37.3 Å². The van der Waals surface area contributed by atoms with Gasteiger partial charge in [0.05, 0.1) is 11.4 Å². The van der Waals surface area contributed by atoms with Gasteiger partial charge in [-0.05, 0) is 67.3 Å². The average Bonchev–Trinajstić information content (AvgIpc) is 3.26. The van der Waals surface area contributed by atoms with Gasteiger partial charge in [0.2, 0.25) is 0 Å². The Morgan fingerprint density at radius 2 is 1.78 bits per heavy atom. The van der Waals surface area contributed by atoms with E-state index in [2.05, 4.69) is 47.6 Å². The zero-order valence-electron chi connectivity index (χ0n) is 18.6. The fourth-order valence-electron chi connectivity index (χ4n) is 4.70. The molecule has 2 aromatic carbocycles. The smallest absolute Gasteiger partial charge is 0.126 e. The molecule has 3 aromatic rings. The van der Waals surface area contributed by atoms with Crippen LogP contribution < -0.4 is 5.32 Å². The molecule has 1 atom stereocenters.